The number of hydrogen-bond acceptors (Lipinski definition) is 2. The van der Waals surface area contributed by atoms with Crippen LogP contribution in [0.25, 0.3) is 0 Å². The Bertz CT molecular complexity index is 522. The van der Waals surface area contributed by atoms with E-state index in [0.29, 0.717) is 31.3 Å². The van der Waals surface area contributed by atoms with Gasteiger partial charge in [0.2, 0.25) is 0 Å². The van der Waals surface area contributed by atoms with Crippen LogP contribution in [0.5, 0.6) is 0 Å². The summed E-state index contributed by atoms with van der Waals surface area (Å²) >= 11 is 0. The van der Waals surface area contributed by atoms with E-state index < -0.39 is 23.5 Å². The molecule has 0 unspecified atom stereocenters. The molecule has 1 heterocycles. The van der Waals surface area contributed by atoms with E-state index in [1.54, 1.807) is 0 Å². The first-order valence-corrected chi connectivity index (χ1v) is 6.65. The van der Waals surface area contributed by atoms with Gasteiger partial charge in [-0.1, -0.05) is 0 Å². The number of carbonyl (C=O) groups excluding carboxylic acids is 1. The van der Waals surface area contributed by atoms with Gasteiger partial charge in [-0.15, -0.1) is 0 Å². The predicted octanol–water partition coefficient (Wildman–Crippen LogP) is 2.67. The highest BCUT2D eigenvalue weighted by Crippen LogP contribution is 2.30. The monoisotopic (exact) mass is 304 g/mol. The number of nitrogens with zero attached hydrogens (tertiary/aromatic N) is 1. The van der Waals surface area contributed by atoms with Crippen LogP contribution in [0.4, 0.5) is 17.6 Å². The number of amides is 1. The second-order valence-corrected chi connectivity index (χ2v) is 5.08. The molecule has 1 aromatic carbocycles. The average molecular weight is 304 g/mol. The minimum Gasteiger partial charge on any atom is -0.339 e. The van der Waals surface area contributed by atoms with Gasteiger partial charge in [0.1, 0.15) is 5.82 Å². The van der Waals surface area contributed by atoms with Crippen LogP contribution in [-0.2, 0) is 6.18 Å². The third kappa shape index (κ3) is 3.72. The molecule has 1 N–H and O–H groups in total. The summed E-state index contributed by atoms with van der Waals surface area (Å²) in [5.41, 5.74) is -1.40. The topological polar surface area (TPSA) is 32.3 Å². The van der Waals surface area contributed by atoms with Crippen molar-refractivity contribution >= 4 is 5.91 Å². The van der Waals surface area contributed by atoms with Gasteiger partial charge in [-0.05, 0) is 38.1 Å². The number of alkyl halides is 3. The molecule has 0 saturated carbocycles. The molecule has 1 aliphatic heterocycles. The van der Waals surface area contributed by atoms with Crippen LogP contribution in [0, 0.1) is 5.82 Å². The molecule has 0 radical (unpaired) electrons. The van der Waals surface area contributed by atoms with E-state index in [2.05, 4.69) is 5.32 Å². The third-order valence-corrected chi connectivity index (χ3v) is 3.66. The van der Waals surface area contributed by atoms with Crippen LogP contribution < -0.4 is 5.32 Å². The van der Waals surface area contributed by atoms with E-state index in [9.17, 15) is 22.4 Å². The molecule has 1 aliphatic rings. The van der Waals surface area contributed by atoms with Crippen LogP contribution in [0.3, 0.4) is 0 Å². The van der Waals surface area contributed by atoms with E-state index in [1.807, 2.05) is 7.05 Å². The average Bonchev–Trinajstić information content (AvgIpc) is 2.45. The molecule has 116 valence electrons. The molecule has 0 aromatic heterocycles. The predicted molar refractivity (Wildman–Crippen MR) is 69.4 cm³/mol. The Morgan fingerprint density at radius 1 is 1.24 bits per heavy atom. The van der Waals surface area contributed by atoms with Crippen molar-refractivity contribution in [1.29, 1.82) is 0 Å². The molecule has 21 heavy (non-hydrogen) atoms. The Kier molecular flexibility index (Phi) is 4.51. The van der Waals surface area contributed by atoms with Crippen LogP contribution >= 0.6 is 0 Å². The van der Waals surface area contributed by atoms with Crippen LogP contribution in [0.15, 0.2) is 18.2 Å². The summed E-state index contributed by atoms with van der Waals surface area (Å²) in [6.45, 7) is 0.893. The summed E-state index contributed by atoms with van der Waals surface area (Å²) in [4.78, 5) is 13.7. The lowest BCUT2D eigenvalue weighted by Gasteiger charge is -2.32. The Balaban J connectivity index is 2.18. The van der Waals surface area contributed by atoms with Crippen LogP contribution in [0.1, 0.15) is 28.8 Å². The number of nitrogens with one attached hydrogen (secondary N) is 1. The quantitative estimate of drug-likeness (QED) is 0.852. The van der Waals surface area contributed by atoms with Gasteiger partial charge in [-0.3, -0.25) is 4.79 Å². The van der Waals surface area contributed by atoms with Gasteiger partial charge >= 0.3 is 6.18 Å². The highest BCUT2D eigenvalue weighted by atomic mass is 19.4. The largest absolute Gasteiger partial charge is 0.416 e. The van der Waals surface area contributed by atoms with Crippen molar-refractivity contribution in [2.45, 2.75) is 25.1 Å². The Labute approximate surface area is 119 Å². The minimum absolute atomic E-state index is 0.259. The molecular weight excluding hydrogens is 288 g/mol. The molecule has 3 nitrogen and oxygen atoms in total. The van der Waals surface area contributed by atoms with E-state index in [0.717, 1.165) is 18.9 Å². The number of rotatable bonds is 2. The molecule has 0 atom stereocenters. The zero-order valence-electron chi connectivity index (χ0n) is 11.5. The Morgan fingerprint density at radius 2 is 1.86 bits per heavy atom. The summed E-state index contributed by atoms with van der Waals surface area (Å²) < 4.78 is 51.3. The maximum absolute atomic E-state index is 13.3. The number of likely N-dealkylation sites (tertiary alicyclic amines) is 1. The Hall–Kier alpha value is -1.63. The van der Waals surface area contributed by atoms with Crippen LogP contribution in [-0.4, -0.2) is 37.0 Å². The zero-order chi connectivity index (χ0) is 15.6. The van der Waals surface area contributed by atoms with E-state index in [-0.39, 0.29) is 5.56 Å². The number of piperidine rings is 1. The molecular formula is C14H16F4N2O. The fourth-order valence-corrected chi connectivity index (χ4v) is 2.43. The second-order valence-electron chi connectivity index (χ2n) is 5.08. The molecule has 1 saturated heterocycles. The van der Waals surface area contributed by atoms with Gasteiger partial charge in [0.25, 0.3) is 5.91 Å². The molecule has 1 aromatic rings. The molecule has 1 amide bonds. The number of hydrogen-bond donors (Lipinski definition) is 1. The van der Waals surface area contributed by atoms with E-state index in [4.69, 9.17) is 0 Å². The van der Waals surface area contributed by atoms with Gasteiger partial charge in [0.15, 0.2) is 0 Å². The van der Waals surface area contributed by atoms with Crippen molar-refractivity contribution < 1.29 is 22.4 Å². The first-order valence-electron chi connectivity index (χ1n) is 6.65. The molecule has 7 heteroatoms. The van der Waals surface area contributed by atoms with Crippen molar-refractivity contribution in [3.05, 3.63) is 35.1 Å². The van der Waals surface area contributed by atoms with E-state index >= 15 is 0 Å². The van der Waals surface area contributed by atoms with Gasteiger partial charge in [0.05, 0.1) is 5.56 Å². The van der Waals surface area contributed by atoms with Gasteiger partial charge in [-0.2, -0.15) is 13.2 Å². The second kappa shape index (κ2) is 6.01. The number of halogens is 4. The fourth-order valence-electron chi connectivity index (χ4n) is 2.43. The standard InChI is InChI=1S/C14H16F4N2O/c1-19-12-2-4-20(5-3-12)13(21)9-6-10(14(16,17)18)8-11(15)7-9/h6-8,12,19H,2-5H2,1H3. The minimum atomic E-state index is -4.67. The highest BCUT2D eigenvalue weighted by Gasteiger charge is 2.32. The first-order chi connectivity index (χ1) is 9.81. The fraction of sp³-hybridized carbons (Fsp3) is 0.500. The van der Waals surface area contributed by atoms with Crippen molar-refractivity contribution in [1.82, 2.24) is 10.2 Å². The zero-order valence-corrected chi connectivity index (χ0v) is 11.5. The molecule has 0 bridgehead atoms. The maximum atomic E-state index is 13.3. The first kappa shape index (κ1) is 15.8. The lowest BCUT2D eigenvalue weighted by Crippen LogP contribution is -2.44. The lowest BCUT2D eigenvalue weighted by molar-refractivity contribution is -0.137. The highest BCUT2D eigenvalue weighted by molar-refractivity contribution is 5.94. The molecule has 0 spiro atoms. The smallest absolute Gasteiger partial charge is 0.339 e. The summed E-state index contributed by atoms with van der Waals surface area (Å²) in [5.74, 6) is -1.62. The maximum Gasteiger partial charge on any atom is 0.416 e. The normalized spacial score (nSPS) is 17.1. The summed E-state index contributed by atoms with van der Waals surface area (Å²) in [6.07, 6.45) is -3.22. The van der Waals surface area contributed by atoms with Crippen molar-refractivity contribution in [2.24, 2.45) is 0 Å². The van der Waals surface area contributed by atoms with Crippen molar-refractivity contribution in [3.8, 4) is 0 Å². The van der Waals surface area contributed by atoms with Crippen molar-refractivity contribution in [2.75, 3.05) is 20.1 Å². The molecule has 0 aliphatic carbocycles. The van der Waals surface area contributed by atoms with Gasteiger partial charge in [0, 0.05) is 24.7 Å². The third-order valence-electron chi connectivity index (χ3n) is 3.66. The lowest BCUT2D eigenvalue weighted by atomic mass is 10.0. The number of carbonyl (C=O) groups is 1. The summed E-state index contributed by atoms with van der Waals surface area (Å²) in [7, 11) is 1.82. The molecule has 2 rings (SSSR count). The molecule has 1 fully saturated rings. The van der Waals surface area contributed by atoms with Gasteiger partial charge in [-0.25, -0.2) is 4.39 Å². The van der Waals surface area contributed by atoms with Crippen LogP contribution in [0.2, 0.25) is 0 Å². The van der Waals surface area contributed by atoms with Gasteiger partial charge < -0.3 is 10.2 Å². The summed E-state index contributed by atoms with van der Waals surface area (Å²) in [6, 6.07) is 2.24. The van der Waals surface area contributed by atoms with Crippen molar-refractivity contribution in [3.63, 3.8) is 0 Å². The Morgan fingerprint density at radius 3 is 2.38 bits per heavy atom. The number of benzene rings is 1. The SMILES string of the molecule is CNC1CCN(C(=O)c2cc(F)cc(C(F)(F)F)c2)CC1. The summed E-state index contributed by atoms with van der Waals surface area (Å²) in [5, 5.41) is 3.09. The van der Waals surface area contributed by atoms with E-state index in [1.165, 1.54) is 4.90 Å².